The number of carbonyl (C=O) groups is 1. The number of nitrogens with two attached hydrogens (primary N) is 1. The molecule has 0 aliphatic rings. The van der Waals surface area contributed by atoms with Gasteiger partial charge < -0.3 is 10.5 Å². The Morgan fingerprint density at radius 2 is 2.05 bits per heavy atom. The van der Waals surface area contributed by atoms with Crippen LogP contribution in [-0.4, -0.2) is 24.2 Å². The molecule has 1 amide bonds. The average Bonchev–Trinajstić information content (AvgIpc) is 2.30. The minimum absolute atomic E-state index is 0.00407. The van der Waals surface area contributed by atoms with Crippen molar-refractivity contribution in [2.24, 2.45) is 5.73 Å². The van der Waals surface area contributed by atoms with Gasteiger partial charge in [-0.05, 0) is 44.9 Å². The molecule has 0 saturated heterocycles. The Kier molecular flexibility index (Phi) is 5.92. The Morgan fingerprint density at radius 1 is 1.43 bits per heavy atom. The number of amides is 1. The predicted molar refractivity (Wildman–Crippen MR) is 79.0 cm³/mol. The second-order valence-electron chi connectivity index (χ2n) is 5.64. The van der Waals surface area contributed by atoms with Crippen LogP contribution >= 0.6 is 11.6 Å². The van der Waals surface area contributed by atoms with E-state index in [9.17, 15) is 13.6 Å². The summed E-state index contributed by atoms with van der Waals surface area (Å²) >= 11 is 6.01. The molecule has 4 nitrogen and oxygen atoms in total. The standard InChI is InChI=1S/C14H19ClF2N2O2/c1-14(2,3)21-13(20)19-11-5-4-8(6-9(11)15)7-10(18)12(16)17/h4-6,10,12H,7,18H2,1-3H3,(H,19,20). The molecule has 1 rings (SSSR count). The molecule has 1 aromatic carbocycles. The van der Waals surface area contributed by atoms with Crippen LogP contribution in [0.15, 0.2) is 18.2 Å². The van der Waals surface area contributed by atoms with Crippen molar-refractivity contribution in [3.8, 4) is 0 Å². The van der Waals surface area contributed by atoms with Crippen LogP contribution in [0, 0.1) is 0 Å². The van der Waals surface area contributed by atoms with Gasteiger partial charge in [-0.15, -0.1) is 0 Å². The number of carbonyl (C=O) groups excluding carboxylic acids is 1. The number of hydrogen-bond donors (Lipinski definition) is 2. The van der Waals surface area contributed by atoms with Gasteiger partial charge >= 0.3 is 6.09 Å². The maximum Gasteiger partial charge on any atom is 0.412 e. The van der Waals surface area contributed by atoms with E-state index in [2.05, 4.69) is 5.32 Å². The second-order valence-corrected chi connectivity index (χ2v) is 6.05. The number of ether oxygens (including phenoxy) is 1. The Morgan fingerprint density at radius 3 is 2.52 bits per heavy atom. The van der Waals surface area contributed by atoms with E-state index in [1.54, 1.807) is 26.8 Å². The molecule has 0 fully saturated rings. The minimum Gasteiger partial charge on any atom is -0.444 e. The first kappa shape index (κ1) is 17.7. The van der Waals surface area contributed by atoms with E-state index in [1.165, 1.54) is 12.1 Å². The maximum atomic E-state index is 12.4. The van der Waals surface area contributed by atoms with E-state index in [1.807, 2.05) is 0 Å². The van der Waals surface area contributed by atoms with Crippen LogP contribution in [0.25, 0.3) is 0 Å². The summed E-state index contributed by atoms with van der Waals surface area (Å²) in [5.74, 6) is 0. The van der Waals surface area contributed by atoms with E-state index in [-0.39, 0.29) is 11.4 Å². The highest BCUT2D eigenvalue weighted by molar-refractivity contribution is 6.33. The molecule has 0 bridgehead atoms. The quantitative estimate of drug-likeness (QED) is 0.886. The first-order valence-electron chi connectivity index (χ1n) is 6.40. The van der Waals surface area contributed by atoms with Crippen LogP contribution in [0.4, 0.5) is 19.3 Å². The van der Waals surface area contributed by atoms with E-state index in [0.29, 0.717) is 11.3 Å². The lowest BCUT2D eigenvalue weighted by atomic mass is 10.1. The molecule has 0 spiro atoms. The van der Waals surface area contributed by atoms with E-state index in [0.717, 1.165) is 0 Å². The summed E-state index contributed by atoms with van der Waals surface area (Å²) < 4.78 is 29.9. The molecule has 7 heteroatoms. The Balaban J connectivity index is 2.72. The molecule has 1 aromatic rings. The number of alkyl halides is 2. The second kappa shape index (κ2) is 7.04. The normalized spacial score (nSPS) is 13.1. The number of benzene rings is 1. The van der Waals surface area contributed by atoms with Gasteiger partial charge in [0.2, 0.25) is 0 Å². The number of nitrogens with one attached hydrogen (secondary N) is 1. The van der Waals surface area contributed by atoms with Crippen molar-refractivity contribution in [3.63, 3.8) is 0 Å². The zero-order chi connectivity index (χ0) is 16.2. The number of halogens is 3. The molecule has 0 aliphatic carbocycles. The molecular weight excluding hydrogens is 302 g/mol. The highest BCUT2D eigenvalue weighted by Crippen LogP contribution is 2.24. The lowest BCUT2D eigenvalue weighted by Crippen LogP contribution is -2.30. The van der Waals surface area contributed by atoms with E-state index < -0.39 is 24.2 Å². The van der Waals surface area contributed by atoms with Gasteiger partial charge in [-0.1, -0.05) is 17.7 Å². The molecule has 3 N–H and O–H groups in total. The van der Waals surface area contributed by atoms with Gasteiger partial charge in [0.1, 0.15) is 5.60 Å². The van der Waals surface area contributed by atoms with Crippen LogP contribution in [0.2, 0.25) is 5.02 Å². The summed E-state index contributed by atoms with van der Waals surface area (Å²) in [7, 11) is 0. The van der Waals surface area contributed by atoms with Gasteiger partial charge in [0, 0.05) is 0 Å². The molecule has 0 aliphatic heterocycles. The average molecular weight is 321 g/mol. The molecule has 0 saturated carbocycles. The van der Waals surface area contributed by atoms with Crippen LogP contribution < -0.4 is 11.1 Å². The molecular formula is C14H19ClF2N2O2. The van der Waals surface area contributed by atoms with Crippen molar-refractivity contribution in [2.45, 2.75) is 45.3 Å². The fourth-order valence-electron chi connectivity index (χ4n) is 1.56. The number of rotatable bonds is 4. The van der Waals surface area contributed by atoms with Gasteiger partial charge in [0.15, 0.2) is 0 Å². The number of hydrogen-bond acceptors (Lipinski definition) is 3. The maximum absolute atomic E-state index is 12.4. The Bertz CT molecular complexity index is 504. The van der Waals surface area contributed by atoms with Crippen molar-refractivity contribution in [2.75, 3.05) is 5.32 Å². The molecule has 1 unspecified atom stereocenters. The smallest absolute Gasteiger partial charge is 0.412 e. The van der Waals surface area contributed by atoms with Crippen molar-refractivity contribution >= 4 is 23.4 Å². The summed E-state index contributed by atoms with van der Waals surface area (Å²) in [6, 6.07) is 3.36. The van der Waals surface area contributed by atoms with Crippen molar-refractivity contribution in [1.82, 2.24) is 0 Å². The molecule has 0 heterocycles. The van der Waals surface area contributed by atoms with Crippen LogP contribution in [-0.2, 0) is 11.2 Å². The van der Waals surface area contributed by atoms with E-state index in [4.69, 9.17) is 22.1 Å². The molecule has 1 atom stereocenters. The van der Waals surface area contributed by atoms with Crippen molar-refractivity contribution in [1.29, 1.82) is 0 Å². The summed E-state index contributed by atoms with van der Waals surface area (Å²) in [5.41, 5.74) is 5.60. The Labute approximate surface area is 127 Å². The summed E-state index contributed by atoms with van der Waals surface area (Å²) in [6.45, 7) is 5.22. The van der Waals surface area contributed by atoms with Crippen LogP contribution in [0.3, 0.4) is 0 Å². The van der Waals surface area contributed by atoms with Gasteiger partial charge in [0.05, 0.1) is 16.8 Å². The first-order chi connectivity index (χ1) is 9.58. The fraction of sp³-hybridized carbons (Fsp3) is 0.500. The zero-order valence-corrected chi connectivity index (χ0v) is 12.9. The van der Waals surface area contributed by atoms with Gasteiger partial charge in [0.25, 0.3) is 6.43 Å². The third-order valence-corrected chi connectivity index (χ3v) is 2.78. The van der Waals surface area contributed by atoms with Crippen LogP contribution in [0.1, 0.15) is 26.3 Å². The van der Waals surface area contributed by atoms with Gasteiger partial charge in [-0.3, -0.25) is 5.32 Å². The Hall–Kier alpha value is -1.40. The van der Waals surface area contributed by atoms with Crippen molar-refractivity contribution < 1.29 is 18.3 Å². The van der Waals surface area contributed by atoms with Crippen LogP contribution in [0.5, 0.6) is 0 Å². The predicted octanol–water partition coefficient (Wildman–Crippen LogP) is 3.82. The summed E-state index contributed by atoms with van der Waals surface area (Å²) in [6.07, 6.45) is -3.23. The lowest BCUT2D eigenvalue weighted by Gasteiger charge is -2.20. The minimum atomic E-state index is -2.59. The van der Waals surface area contributed by atoms with Gasteiger partial charge in [-0.2, -0.15) is 0 Å². The third-order valence-electron chi connectivity index (χ3n) is 2.46. The fourth-order valence-corrected chi connectivity index (χ4v) is 1.81. The molecule has 118 valence electrons. The van der Waals surface area contributed by atoms with E-state index >= 15 is 0 Å². The first-order valence-corrected chi connectivity index (χ1v) is 6.78. The van der Waals surface area contributed by atoms with Crippen molar-refractivity contribution in [3.05, 3.63) is 28.8 Å². The van der Waals surface area contributed by atoms with Gasteiger partial charge in [-0.25, -0.2) is 13.6 Å². The summed E-state index contributed by atoms with van der Waals surface area (Å²) in [4.78, 5) is 11.6. The molecule has 0 aromatic heterocycles. The SMILES string of the molecule is CC(C)(C)OC(=O)Nc1ccc(CC(N)C(F)F)cc1Cl. The highest BCUT2D eigenvalue weighted by atomic mass is 35.5. The summed E-state index contributed by atoms with van der Waals surface area (Å²) in [5, 5.41) is 2.73. The topological polar surface area (TPSA) is 64.3 Å². The third kappa shape index (κ3) is 6.27. The zero-order valence-electron chi connectivity index (χ0n) is 12.1. The lowest BCUT2D eigenvalue weighted by molar-refractivity contribution is 0.0636. The number of anilines is 1. The largest absolute Gasteiger partial charge is 0.444 e. The molecule has 0 radical (unpaired) electrons. The monoisotopic (exact) mass is 320 g/mol. The highest BCUT2D eigenvalue weighted by Gasteiger charge is 2.18. The molecule has 21 heavy (non-hydrogen) atoms.